The summed E-state index contributed by atoms with van der Waals surface area (Å²) >= 11 is 0. The highest BCUT2D eigenvalue weighted by molar-refractivity contribution is 5.43. The number of ether oxygens (including phenoxy) is 2. The highest BCUT2D eigenvalue weighted by atomic mass is 16.5. The smallest absolute Gasteiger partial charge is 0.161 e. The van der Waals surface area contributed by atoms with Crippen LogP contribution in [0, 0.1) is 0 Å². The van der Waals surface area contributed by atoms with E-state index in [-0.39, 0.29) is 6.10 Å². The van der Waals surface area contributed by atoms with Gasteiger partial charge in [-0.15, -0.1) is 0 Å². The van der Waals surface area contributed by atoms with E-state index in [0.717, 1.165) is 36.6 Å². The summed E-state index contributed by atoms with van der Waals surface area (Å²) in [5.41, 5.74) is 6.68. The fourth-order valence-electron chi connectivity index (χ4n) is 2.33. The maximum Gasteiger partial charge on any atom is 0.161 e. The lowest BCUT2D eigenvalue weighted by molar-refractivity contribution is 0.101. The van der Waals surface area contributed by atoms with Crippen LogP contribution in [0.1, 0.15) is 18.4 Å². The van der Waals surface area contributed by atoms with Crippen molar-refractivity contribution in [3.8, 4) is 11.5 Å². The zero-order chi connectivity index (χ0) is 13.0. The largest absolute Gasteiger partial charge is 0.493 e. The summed E-state index contributed by atoms with van der Waals surface area (Å²) in [6.07, 6.45) is 2.54. The molecule has 0 bridgehead atoms. The Morgan fingerprint density at radius 3 is 2.89 bits per heavy atom. The summed E-state index contributed by atoms with van der Waals surface area (Å²) in [5, 5.41) is 0. The number of benzene rings is 1. The van der Waals surface area contributed by atoms with E-state index in [0.29, 0.717) is 6.54 Å². The Morgan fingerprint density at radius 1 is 1.39 bits per heavy atom. The topological polar surface area (TPSA) is 47.7 Å². The van der Waals surface area contributed by atoms with Crippen LogP contribution in [0.2, 0.25) is 0 Å². The molecule has 0 radical (unpaired) electrons. The minimum atomic E-state index is 0.251. The van der Waals surface area contributed by atoms with Crippen LogP contribution in [0.15, 0.2) is 18.2 Å². The van der Waals surface area contributed by atoms with Gasteiger partial charge in [-0.3, -0.25) is 0 Å². The van der Waals surface area contributed by atoms with Crippen LogP contribution in [-0.4, -0.2) is 38.3 Å². The molecule has 100 valence electrons. The first-order valence-electron chi connectivity index (χ1n) is 6.45. The summed E-state index contributed by atoms with van der Waals surface area (Å²) in [5.74, 6) is 1.58. The lowest BCUT2D eigenvalue weighted by atomic mass is 10.1. The Kier molecular flexibility index (Phi) is 4.44. The number of likely N-dealkylation sites (tertiary alicyclic amines) is 1. The van der Waals surface area contributed by atoms with Gasteiger partial charge in [0.05, 0.1) is 7.11 Å². The zero-order valence-corrected chi connectivity index (χ0v) is 11.2. The number of hydrogen-bond donors (Lipinski definition) is 1. The minimum Gasteiger partial charge on any atom is -0.493 e. The van der Waals surface area contributed by atoms with Crippen molar-refractivity contribution < 1.29 is 9.47 Å². The molecule has 0 aromatic heterocycles. The summed E-state index contributed by atoms with van der Waals surface area (Å²) in [6, 6.07) is 5.89. The van der Waals surface area contributed by atoms with Gasteiger partial charge in [0.25, 0.3) is 0 Å². The number of methoxy groups -OCH3 is 1. The number of rotatable bonds is 4. The Hall–Kier alpha value is -1.26. The first kappa shape index (κ1) is 13.2. The molecular formula is C14H22N2O2. The van der Waals surface area contributed by atoms with Crippen LogP contribution < -0.4 is 15.2 Å². The molecule has 1 atom stereocenters. The number of piperidine rings is 1. The van der Waals surface area contributed by atoms with Crippen molar-refractivity contribution in [3.05, 3.63) is 23.8 Å². The van der Waals surface area contributed by atoms with Crippen LogP contribution in [-0.2, 0) is 6.54 Å². The molecule has 2 rings (SSSR count). The average Bonchev–Trinajstić information content (AvgIpc) is 2.39. The van der Waals surface area contributed by atoms with Gasteiger partial charge >= 0.3 is 0 Å². The Labute approximate surface area is 109 Å². The minimum absolute atomic E-state index is 0.251. The Balaban J connectivity index is 2.08. The maximum absolute atomic E-state index is 6.04. The van der Waals surface area contributed by atoms with E-state index >= 15 is 0 Å². The van der Waals surface area contributed by atoms with Crippen LogP contribution >= 0.6 is 0 Å². The summed E-state index contributed by atoms with van der Waals surface area (Å²) in [4.78, 5) is 2.30. The van der Waals surface area contributed by atoms with Crippen LogP contribution in [0.3, 0.4) is 0 Å². The molecule has 0 spiro atoms. The van der Waals surface area contributed by atoms with Gasteiger partial charge < -0.3 is 20.1 Å². The number of nitrogens with two attached hydrogens (primary N) is 1. The molecule has 1 fully saturated rings. The normalized spacial score (nSPS) is 20.7. The van der Waals surface area contributed by atoms with Crippen molar-refractivity contribution in [1.82, 2.24) is 4.90 Å². The van der Waals surface area contributed by atoms with Gasteiger partial charge in [-0.05, 0) is 44.1 Å². The molecule has 1 unspecified atom stereocenters. The third kappa shape index (κ3) is 3.15. The summed E-state index contributed by atoms with van der Waals surface area (Å²) in [7, 11) is 3.79. The maximum atomic E-state index is 6.04. The van der Waals surface area contributed by atoms with Crippen molar-refractivity contribution in [2.45, 2.75) is 25.5 Å². The van der Waals surface area contributed by atoms with Gasteiger partial charge in [-0.1, -0.05) is 6.07 Å². The highest BCUT2D eigenvalue weighted by Gasteiger charge is 2.19. The second-order valence-electron chi connectivity index (χ2n) is 4.83. The standard InChI is InChI=1S/C14H22N2O2/c1-16-7-3-4-12(10-16)18-13-6-5-11(9-15)8-14(13)17-2/h5-6,8,12H,3-4,7,9-10,15H2,1-2H3. The molecule has 4 heteroatoms. The SMILES string of the molecule is COc1cc(CN)ccc1OC1CCCN(C)C1. The number of hydrogen-bond acceptors (Lipinski definition) is 4. The molecule has 0 saturated carbocycles. The van der Waals surface area contributed by atoms with E-state index in [4.69, 9.17) is 15.2 Å². The number of nitrogens with zero attached hydrogens (tertiary/aromatic N) is 1. The van der Waals surface area contributed by atoms with Crippen LogP contribution in [0.4, 0.5) is 0 Å². The third-order valence-electron chi connectivity index (χ3n) is 3.34. The summed E-state index contributed by atoms with van der Waals surface area (Å²) in [6.45, 7) is 2.65. The molecule has 1 aromatic rings. The van der Waals surface area contributed by atoms with Gasteiger partial charge in [0, 0.05) is 13.1 Å². The third-order valence-corrected chi connectivity index (χ3v) is 3.34. The van der Waals surface area contributed by atoms with Gasteiger partial charge in [0.1, 0.15) is 6.10 Å². The zero-order valence-electron chi connectivity index (χ0n) is 11.2. The Bertz CT molecular complexity index is 395. The quantitative estimate of drug-likeness (QED) is 0.882. The molecule has 1 aromatic carbocycles. The van der Waals surface area contributed by atoms with Crippen molar-refractivity contribution in [2.24, 2.45) is 5.73 Å². The fourth-order valence-corrected chi connectivity index (χ4v) is 2.33. The highest BCUT2D eigenvalue weighted by Crippen LogP contribution is 2.30. The van der Waals surface area contributed by atoms with E-state index in [1.54, 1.807) is 7.11 Å². The molecule has 18 heavy (non-hydrogen) atoms. The van der Waals surface area contributed by atoms with Gasteiger partial charge in [-0.2, -0.15) is 0 Å². The molecule has 1 aliphatic heterocycles. The monoisotopic (exact) mass is 250 g/mol. The molecule has 1 saturated heterocycles. The molecule has 1 heterocycles. The first-order valence-corrected chi connectivity index (χ1v) is 6.45. The fraction of sp³-hybridized carbons (Fsp3) is 0.571. The van der Waals surface area contributed by atoms with E-state index < -0.39 is 0 Å². The van der Waals surface area contributed by atoms with Crippen molar-refractivity contribution in [1.29, 1.82) is 0 Å². The van der Waals surface area contributed by atoms with Crippen molar-refractivity contribution >= 4 is 0 Å². The molecule has 1 aliphatic rings. The summed E-state index contributed by atoms with van der Waals surface area (Å²) < 4.78 is 11.4. The Morgan fingerprint density at radius 2 is 2.22 bits per heavy atom. The molecule has 4 nitrogen and oxygen atoms in total. The molecule has 2 N–H and O–H groups in total. The van der Waals surface area contributed by atoms with Crippen molar-refractivity contribution in [3.63, 3.8) is 0 Å². The van der Waals surface area contributed by atoms with E-state index in [1.165, 1.54) is 6.42 Å². The predicted octanol–water partition coefficient (Wildman–Crippen LogP) is 1.63. The van der Waals surface area contributed by atoms with Crippen LogP contribution in [0.25, 0.3) is 0 Å². The average molecular weight is 250 g/mol. The van der Waals surface area contributed by atoms with Crippen LogP contribution in [0.5, 0.6) is 11.5 Å². The molecule has 0 amide bonds. The second kappa shape index (κ2) is 6.07. The molecular weight excluding hydrogens is 228 g/mol. The first-order chi connectivity index (χ1) is 8.72. The van der Waals surface area contributed by atoms with E-state index in [1.807, 2.05) is 18.2 Å². The van der Waals surface area contributed by atoms with Gasteiger partial charge in [0.15, 0.2) is 11.5 Å². The number of likely N-dealkylation sites (N-methyl/N-ethyl adjacent to an activating group) is 1. The van der Waals surface area contributed by atoms with Gasteiger partial charge in [0.2, 0.25) is 0 Å². The van der Waals surface area contributed by atoms with Crippen molar-refractivity contribution in [2.75, 3.05) is 27.2 Å². The van der Waals surface area contributed by atoms with E-state index in [2.05, 4.69) is 11.9 Å². The lowest BCUT2D eigenvalue weighted by Crippen LogP contribution is -2.38. The molecule has 0 aliphatic carbocycles. The lowest BCUT2D eigenvalue weighted by Gasteiger charge is -2.30. The van der Waals surface area contributed by atoms with Gasteiger partial charge in [-0.25, -0.2) is 0 Å². The predicted molar refractivity (Wildman–Crippen MR) is 72.0 cm³/mol. The van der Waals surface area contributed by atoms with E-state index in [9.17, 15) is 0 Å². The second-order valence-corrected chi connectivity index (χ2v) is 4.83.